The normalized spacial score (nSPS) is 21.1. The molecule has 15 heavy (non-hydrogen) atoms. The molecule has 1 aliphatic rings. The summed E-state index contributed by atoms with van der Waals surface area (Å²) in [7, 11) is -1.30. The predicted molar refractivity (Wildman–Crippen MR) is 55.3 cm³/mol. The number of thiol groups is 1. The molecule has 1 N–H and O–H groups in total. The molecular formula is C9H13NO4S. The summed E-state index contributed by atoms with van der Waals surface area (Å²) in [6.45, 7) is 0.728. The molecule has 6 heteroatoms. The number of furan rings is 1. The summed E-state index contributed by atoms with van der Waals surface area (Å²) >= 11 is 0. The molecule has 1 aromatic heterocycles. The molecule has 0 bridgehead atoms. The second-order valence-corrected chi connectivity index (χ2v) is 6.04. The lowest BCUT2D eigenvalue weighted by atomic mass is 10.5. The average molecular weight is 231 g/mol. The second kappa shape index (κ2) is 3.79. The van der Waals surface area contributed by atoms with E-state index in [1.165, 1.54) is 13.2 Å². The molecule has 1 fully saturated rings. The molecule has 0 radical (unpaired) electrons. The summed E-state index contributed by atoms with van der Waals surface area (Å²) in [5, 5.41) is 0.361. The van der Waals surface area contributed by atoms with E-state index in [1.54, 1.807) is 6.07 Å². The first-order valence-corrected chi connectivity index (χ1v) is 6.58. The van der Waals surface area contributed by atoms with Gasteiger partial charge in [-0.3, -0.25) is 8.93 Å². The van der Waals surface area contributed by atoms with Crippen molar-refractivity contribution in [3.8, 4) is 0 Å². The van der Waals surface area contributed by atoms with Crippen molar-refractivity contribution >= 4 is 16.1 Å². The van der Waals surface area contributed by atoms with Crippen LogP contribution >= 0.6 is 0 Å². The number of hydrogen-bond donors (Lipinski definition) is 2. The van der Waals surface area contributed by atoms with Gasteiger partial charge in [-0.1, -0.05) is 0 Å². The van der Waals surface area contributed by atoms with Crippen LogP contribution in [0.4, 0.5) is 0 Å². The van der Waals surface area contributed by atoms with Gasteiger partial charge in [0.1, 0.15) is 0 Å². The highest BCUT2D eigenvalue weighted by atomic mass is 32.3. The number of esters is 1. The maximum Gasteiger partial charge on any atom is 0.374 e. The van der Waals surface area contributed by atoms with Crippen molar-refractivity contribution < 1.29 is 18.2 Å². The van der Waals surface area contributed by atoms with Gasteiger partial charge in [0.05, 0.1) is 7.11 Å². The van der Waals surface area contributed by atoms with E-state index < -0.39 is 16.1 Å². The first-order valence-electron chi connectivity index (χ1n) is 4.68. The van der Waals surface area contributed by atoms with Crippen LogP contribution in [0.2, 0.25) is 0 Å². The monoisotopic (exact) mass is 231 g/mol. The van der Waals surface area contributed by atoms with Crippen LogP contribution in [0.5, 0.6) is 0 Å². The minimum atomic E-state index is -2.58. The van der Waals surface area contributed by atoms with E-state index in [2.05, 4.69) is 9.46 Å². The highest BCUT2D eigenvalue weighted by molar-refractivity contribution is 8.01. The van der Waals surface area contributed by atoms with Crippen LogP contribution < -0.4 is 4.72 Å². The molecule has 1 aromatic rings. The lowest BCUT2D eigenvalue weighted by Crippen LogP contribution is -2.25. The van der Waals surface area contributed by atoms with Crippen LogP contribution in [-0.4, -0.2) is 29.6 Å². The number of nitrogens with one attached hydrogen (secondary N) is 1. The molecule has 1 aliphatic heterocycles. The van der Waals surface area contributed by atoms with Gasteiger partial charge in [-0.25, -0.2) is 4.79 Å². The van der Waals surface area contributed by atoms with Gasteiger partial charge in [0.2, 0.25) is 5.76 Å². The van der Waals surface area contributed by atoms with Crippen LogP contribution in [0.3, 0.4) is 0 Å². The fraction of sp³-hybridized carbons (Fsp3) is 0.444. The smallest absolute Gasteiger partial charge is 0.374 e. The lowest BCUT2D eigenvalue weighted by molar-refractivity contribution is 0.0559. The van der Waals surface area contributed by atoms with Crippen molar-refractivity contribution in [2.24, 2.45) is 0 Å². The Kier molecular flexibility index (Phi) is 2.62. The molecule has 0 aromatic carbocycles. The molecule has 2 rings (SSSR count). The van der Waals surface area contributed by atoms with Crippen molar-refractivity contribution in [2.75, 3.05) is 19.4 Å². The number of carbonyl (C=O) groups excluding carboxylic acids is 1. The van der Waals surface area contributed by atoms with E-state index in [9.17, 15) is 9.00 Å². The molecule has 84 valence electrons. The largest absolute Gasteiger partial charge is 0.463 e. The minimum absolute atomic E-state index is 0.0939. The zero-order chi connectivity index (χ0) is 10.9. The number of carbonyl (C=O) groups is 1. The summed E-state index contributed by atoms with van der Waals surface area (Å²) in [6.07, 6.45) is 0.867. The highest BCUT2D eigenvalue weighted by Crippen LogP contribution is 2.23. The first-order chi connectivity index (χ1) is 7.15. The maximum absolute atomic E-state index is 12.2. The molecule has 0 amide bonds. The van der Waals surface area contributed by atoms with Gasteiger partial charge >= 0.3 is 5.97 Å². The van der Waals surface area contributed by atoms with Gasteiger partial charge in [0.15, 0.2) is 5.09 Å². The maximum atomic E-state index is 12.2. The van der Waals surface area contributed by atoms with Gasteiger partial charge in [0, 0.05) is 12.3 Å². The van der Waals surface area contributed by atoms with Gasteiger partial charge in [0.25, 0.3) is 0 Å². The average Bonchev–Trinajstić information content (AvgIpc) is 2.85. The van der Waals surface area contributed by atoms with Gasteiger partial charge in [-0.05, 0) is 28.7 Å². The topological polar surface area (TPSA) is 68.5 Å². The minimum Gasteiger partial charge on any atom is -0.463 e. The molecule has 0 saturated carbocycles. The Bertz CT molecular complexity index is 416. The Hall–Kier alpha value is -1.14. The highest BCUT2D eigenvalue weighted by Gasteiger charge is 2.26. The number of ether oxygens (including phenoxy) is 1. The van der Waals surface area contributed by atoms with Crippen LogP contribution in [0, 0.1) is 0 Å². The molecule has 5 nitrogen and oxygen atoms in total. The zero-order valence-electron chi connectivity index (χ0n) is 8.36. The molecule has 0 unspecified atom stereocenters. The third-order valence-corrected chi connectivity index (χ3v) is 4.98. The van der Waals surface area contributed by atoms with Crippen LogP contribution in [-0.2, 0) is 14.9 Å². The Balaban J connectivity index is 2.27. The summed E-state index contributed by atoms with van der Waals surface area (Å²) < 4.78 is 24.8. The van der Waals surface area contributed by atoms with E-state index in [0.29, 0.717) is 10.8 Å². The van der Waals surface area contributed by atoms with Crippen molar-refractivity contribution in [1.82, 2.24) is 4.72 Å². The fourth-order valence-corrected chi connectivity index (χ4v) is 3.78. The van der Waals surface area contributed by atoms with E-state index in [-0.39, 0.29) is 5.76 Å². The summed E-state index contributed by atoms with van der Waals surface area (Å²) in [5.41, 5.74) is 0. The third-order valence-electron chi connectivity index (χ3n) is 2.35. The quantitative estimate of drug-likeness (QED) is 0.569. The van der Waals surface area contributed by atoms with Crippen LogP contribution in [0.25, 0.3) is 0 Å². The molecule has 0 spiro atoms. The number of methoxy groups -OCH3 is 1. The summed E-state index contributed by atoms with van der Waals surface area (Å²) in [4.78, 5) is 11.1. The van der Waals surface area contributed by atoms with Crippen molar-refractivity contribution in [2.45, 2.75) is 11.5 Å². The molecule has 0 atom stereocenters. The van der Waals surface area contributed by atoms with E-state index in [1.807, 2.05) is 0 Å². The Morgan fingerprint density at radius 2 is 2.40 bits per heavy atom. The summed E-state index contributed by atoms with van der Waals surface area (Å²) in [5.74, 6) is 0.129. The Morgan fingerprint density at radius 1 is 1.60 bits per heavy atom. The zero-order valence-corrected chi connectivity index (χ0v) is 9.25. The Labute approximate surface area is 88.3 Å². The van der Waals surface area contributed by atoms with Crippen LogP contribution in [0.15, 0.2) is 21.6 Å². The van der Waals surface area contributed by atoms with Crippen molar-refractivity contribution in [3.63, 3.8) is 0 Å². The van der Waals surface area contributed by atoms with Crippen molar-refractivity contribution in [1.29, 1.82) is 0 Å². The predicted octanol–water partition coefficient (Wildman–Crippen LogP) is 0.350. The molecular weight excluding hydrogens is 218 g/mol. The molecule has 0 aliphatic carbocycles. The summed E-state index contributed by atoms with van der Waals surface area (Å²) in [6, 6.07) is 3.06. The molecule has 1 saturated heterocycles. The van der Waals surface area contributed by atoms with Crippen molar-refractivity contribution in [3.05, 3.63) is 17.9 Å². The number of rotatable bonds is 2. The van der Waals surface area contributed by atoms with Gasteiger partial charge < -0.3 is 9.15 Å². The SMILES string of the molecule is COC(=O)c1ccc([SH]2(=O)CCCN2)o1. The van der Waals surface area contributed by atoms with E-state index >= 15 is 0 Å². The standard InChI is InChI=1S/C9H13NO4S/c1-13-9(11)7-3-4-8(14-7)15(12)6-2-5-10-15/h3-4,15H,2,5-6H2,1H3,(H,10,12). The first kappa shape index (κ1) is 10.4. The third kappa shape index (κ3) is 1.82. The van der Waals surface area contributed by atoms with Gasteiger partial charge in [-0.2, -0.15) is 0 Å². The fourth-order valence-electron chi connectivity index (χ4n) is 1.56. The number of hydrogen-bond acceptors (Lipinski definition) is 4. The van der Waals surface area contributed by atoms with E-state index in [4.69, 9.17) is 4.42 Å². The Morgan fingerprint density at radius 3 is 3.00 bits per heavy atom. The molecule has 2 heterocycles. The van der Waals surface area contributed by atoms with E-state index in [0.717, 1.165) is 13.0 Å². The van der Waals surface area contributed by atoms with Crippen LogP contribution in [0.1, 0.15) is 17.0 Å². The van der Waals surface area contributed by atoms with Gasteiger partial charge in [-0.15, -0.1) is 0 Å². The second-order valence-electron chi connectivity index (χ2n) is 3.35. The lowest BCUT2D eigenvalue weighted by Gasteiger charge is -2.13.